The van der Waals surface area contributed by atoms with Crippen LogP contribution in [0.2, 0.25) is 0 Å². The molecular formula is C23H23N3O4. The lowest BCUT2D eigenvalue weighted by Gasteiger charge is -2.38. The fraction of sp³-hybridized carbons (Fsp3) is 0.304. The highest BCUT2D eigenvalue weighted by atomic mass is 16.7. The van der Waals surface area contributed by atoms with Gasteiger partial charge in [-0.05, 0) is 42.7 Å². The maximum Gasteiger partial charge on any atom is 0.254 e. The number of fused-ring (bicyclic) bond motifs is 1. The summed E-state index contributed by atoms with van der Waals surface area (Å²) < 4.78 is 18.3. The highest BCUT2D eigenvalue weighted by Gasteiger charge is 2.36. The van der Waals surface area contributed by atoms with E-state index in [4.69, 9.17) is 14.2 Å². The van der Waals surface area contributed by atoms with E-state index in [2.05, 4.69) is 16.5 Å². The molecule has 0 spiro atoms. The minimum absolute atomic E-state index is 0.135. The molecule has 5 rings (SSSR count). The van der Waals surface area contributed by atoms with Crippen molar-refractivity contribution in [2.45, 2.75) is 18.3 Å². The molecular weight excluding hydrogens is 382 g/mol. The molecule has 1 fully saturated rings. The van der Waals surface area contributed by atoms with Crippen LogP contribution in [0, 0.1) is 0 Å². The van der Waals surface area contributed by atoms with Gasteiger partial charge in [-0.1, -0.05) is 24.3 Å². The number of nitrogens with one attached hydrogen (secondary N) is 1. The third-order valence-electron chi connectivity index (χ3n) is 5.89. The Morgan fingerprint density at radius 3 is 2.70 bits per heavy atom. The Kier molecular flexibility index (Phi) is 4.88. The van der Waals surface area contributed by atoms with Crippen LogP contribution in [0.5, 0.6) is 11.5 Å². The highest BCUT2D eigenvalue weighted by Crippen LogP contribution is 2.40. The van der Waals surface area contributed by atoms with Crippen LogP contribution in [0.3, 0.4) is 0 Å². The molecule has 1 saturated heterocycles. The van der Waals surface area contributed by atoms with Crippen molar-refractivity contribution in [3.63, 3.8) is 0 Å². The molecule has 2 aromatic carbocycles. The number of rotatable bonds is 5. The van der Waals surface area contributed by atoms with Crippen molar-refractivity contribution in [2.24, 2.45) is 0 Å². The molecule has 0 bridgehead atoms. The first kappa shape index (κ1) is 18.7. The lowest BCUT2D eigenvalue weighted by Crippen LogP contribution is -2.44. The second-order valence-electron chi connectivity index (χ2n) is 7.65. The van der Waals surface area contributed by atoms with Crippen molar-refractivity contribution in [1.29, 1.82) is 0 Å². The number of hydrogen-bond donors (Lipinski definition) is 1. The molecule has 1 amide bonds. The Hall–Kier alpha value is -3.32. The topological polar surface area (TPSA) is 74.6 Å². The third kappa shape index (κ3) is 3.52. The lowest BCUT2D eigenvalue weighted by molar-refractivity contribution is 0.0486. The van der Waals surface area contributed by atoms with E-state index in [0.717, 1.165) is 35.6 Å². The molecule has 7 heteroatoms. The van der Waals surface area contributed by atoms with Crippen molar-refractivity contribution in [1.82, 2.24) is 15.1 Å². The van der Waals surface area contributed by atoms with Crippen LogP contribution >= 0.6 is 0 Å². The number of amides is 1. The lowest BCUT2D eigenvalue weighted by atomic mass is 9.74. The maximum absolute atomic E-state index is 12.9. The minimum atomic E-state index is -0.204. The predicted octanol–water partition coefficient (Wildman–Crippen LogP) is 3.08. The summed E-state index contributed by atoms with van der Waals surface area (Å²) in [5.41, 5.74) is 2.38. The molecule has 0 unspecified atom stereocenters. The molecule has 0 saturated carbocycles. The zero-order valence-corrected chi connectivity index (χ0v) is 16.5. The molecule has 0 atom stereocenters. The molecule has 1 aromatic heterocycles. The van der Waals surface area contributed by atoms with Crippen LogP contribution in [0.25, 0.3) is 5.69 Å². The van der Waals surface area contributed by atoms with Gasteiger partial charge in [0.2, 0.25) is 6.79 Å². The zero-order chi connectivity index (χ0) is 20.4. The third-order valence-corrected chi connectivity index (χ3v) is 5.89. The molecule has 154 valence electrons. The number of carbonyl (C=O) groups is 1. The Morgan fingerprint density at radius 1 is 1.07 bits per heavy atom. The van der Waals surface area contributed by atoms with Gasteiger partial charge in [0.1, 0.15) is 0 Å². The Morgan fingerprint density at radius 2 is 1.87 bits per heavy atom. The number of aromatic nitrogens is 2. The van der Waals surface area contributed by atoms with Crippen LogP contribution in [-0.4, -0.2) is 42.2 Å². The Bertz CT molecular complexity index is 1040. The highest BCUT2D eigenvalue weighted by molar-refractivity contribution is 5.93. The van der Waals surface area contributed by atoms with Crippen LogP contribution in [-0.2, 0) is 10.2 Å². The largest absolute Gasteiger partial charge is 0.454 e. The van der Waals surface area contributed by atoms with Gasteiger partial charge >= 0.3 is 0 Å². The van der Waals surface area contributed by atoms with Gasteiger partial charge in [-0.25, -0.2) is 4.68 Å². The number of ether oxygens (including phenoxy) is 3. The first-order chi connectivity index (χ1) is 14.7. The first-order valence-electron chi connectivity index (χ1n) is 10.1. The SMILES string of the molecule is O=C(NCC1(c2ccc3c(c2)OCO3)CCOCC1)c1cnn(-c2ccccc2)c1. The number of carbonyl (C=O) groups excluding carboxylic acids is 1. The molecule has 2 aliphatic heterocycles. The molecule has 0 radical (unpaired) electrons. The van der Waals surface area contributed by atoms with Gasteiger partial charge in [0.05, 0.1) is 17.4 Å². The van der Waals surface area contributed by atoms with E-state index in [9.17, 15) is 4.79 Å². The standard InChI is InChI=1S/C23H23N3O4/c27-22(17-13-25-26(14-17)19-4-2-1-3-5-19)24-15-23(8-10-28-11-9-23)18-6-7-20-21(12-18)30-16-29-20/h1-7,12-14H,8-11,15-16H2,(H,24,27). The number of hydrogen-bond acceptors (Lipinski definition) is 5. The zero-order valence-electron chi connectivity index (χ0n) is 16.5. The summed E-state index contributed by atoms with van der Waals surface area (Å²) in [5, 5.41) is 7.44. The molecule has 2 aliphatic rings. The van der Waals surface area contributed by atoms with Crippen LogP contribution in [0.15, 0.2) is 60.9 Å². The second kappa shape index (κ2) is 7.84. The van der Waals surface area contributed by atoms with Crippen molar-refractivity contribution < 1.29 is 19.0 Å². The predicted molar refractivity (Wildman–Crippen MR) is 110 cm³/mol. The smallest absolute Gasteiger partial charge is 0.254 e. The number of para-hydroxylation sites is 1. The summed E-state index contributed by atoms with van der Waals surface area (Å²) in [5.74, 6) is 1.39. The fourth-order valence-corrected chi connectivity index (χ4v) is 4.07. The maximum atomic E-state index is 12.9. The number of nitrogens with zero attached hydrogens (tertiary/aromatic N) is 2. The normalized spacial score (nSPS) is 16.9. The van der Waals surface area contributed by atoms with E-state index in [-0.39, 0.29) is 18.1 Å². The quantitative estimate of drug-likeness (QED) is 0.706. The molecule has 0 aliphatic carbocycles. The van der Waals surface area contributed by atoms with Gasteiger partial charge in [-0.3, -0.25) is 4.79 Å². The van der Waals surface area contributed by atoms with Crippen LogP contribution in [0.4, 0.5) is 0 Å². The average Bonchev–Trinajstić information content (AvgIpc) is 3.48. The second-order valence-corrected chi connectivity index (χ2v) is 7.65. The minimum Gasteiger partial charge on any atom is -0.454 e. The van der Waals surface area contributed by atoms with Gasteiger partial charge in [-0.2, -0.15) is 5.10 Å². The molecule has 3 heterocycles. The van der Waals surface area contributed by atoms with Crippen molar-refractivity contribution in [2.75, 3.05) is 26.6 Å². The van der Waals surface area contributed by atoms with E-state index < -0.39 is 0 Å². The first-order valence-corrected chi connectivity index (χ1v) is 10.1. The van der Waals surface area contributed by atoms with E-state index in [1.807, 2.05) is 42.5 Å². The summed E-state index contributed by atoms with van der Waals surface area (Å²) in [6.07, 6.45) is 5.01. The number of benzene rings is 2. The molecule has 30 heavy (non-hydrogen) atoms. The van der Waals surface area contributed by atoms with E-state index >= 15 is 0 Å². The van der Waals surface area contributed by atoms with E-state index in [1.165, 1.54) is 0 Å². The summed E-state index contributed by atoms with van der Waals surface area (Å²) in [6, 6.07) is 15.8. The van der Waals surface area contributed by atoms with Crippen molar-refractivity contribution in [3.05, 3.63) is 72.1 Å². The van der Waals surface area contributed by atoms with Gasteiger partial charge in [0.25, 0.3) is 5.91 Å². The summed E-state index contributed by atoms with van der Waals surface area (Å²) >= 11 is 0. The summed E-state index contributed by atoms with van der Waals surface area (Å²) in [7, 11) is 0. The Labute approximate surface area is 174 Å². The van der Waals surface area contributed by atoms with Crippen molar-refractivity contribution in [3.8, 4) is 17.2 Å². The summed E-state index contributed by atoms with van der Waals surface area (Å²) in [6.45, 7) is 2.09. The Balaban J connectivity index is 1.34. The molecule has 1 N–H and O–H groups in total. The fourth-order valence-electron chi connectivity index (χ4n) is 4.07. The monoisotopic (exact) mass is 405 g/mol. The van der Waals surface area contributed by atoms with Crippen LogP contribution < -0.4 is 14.8 Å². The average molecular weight is 405 g/mol. The van der Waals surface area contributed by atoms with E-state index in [0.29, 0.717) is 25.3 Å². The van der Waals surface area contributed by atoms with Gasteiger partial charge in [-0.15, -0.1) is 0 Å². The van der Waals surface area contributed by atoms with E-state index in [1.54, 1.807) is 17.1 Å². The van der Waals surface area contributed by atoms with Crippen molar-refractivity contribution >= 4 is 5.91 Å². The molecule has 7 nitrogen and oxygen atoms in total. The molecule has 3 aromatic rings. The van der Waals surface area contributed by atoms with Gasteiger partial charge < -0.3 is 19.5 Å². The van der Waals surface area contributed by atoms with Gasteiger partial charge in [0.15, 0.2) is 11.5 Å². The van der Waals surface area contributed by atoms with Gasteiger partial charge in [0, 0.05) is 31.4 Å². The van der Waals surface area contributed by atoms with Crippen LogP contribution in [0.1, 0.15) is 28.8 Å². The summed E-state index contributed by atoms with van der Waals surface area (Å²) in [4.78, 5) is 12.9.